The summed E-state index contributed by atoms with van der Waals surface area (Å²) in [6, 6.07) is 5.67. The lowest BCUT2D eigenvalue weighted by molar-refractivity contribution is -0.145. The summed E-state index contributed by atoms with van der Waals surface area (Å²) < 4.78 is 1.73. The zero-order chi connectivity index (χ0) is 43.3. The first-order valence-electron chi connectivity index (χ1n) is 22.3. The van der Waals surface area contributed by atoms with Crippen LogP contribution in [0.4, 0.5) is 10.5 Å². The summed E-state index contributed by atoms with van der Waals surface area (Å²) in [5, 5.41) is 15.4. The lowest BCUT2D eigenvalue weighted by atomic mass is 9.71. The number of fused-ring (bicyclic) bond motifs is 2. The second kappa shape index (κ2) is 19.2. The van der Waals surface area contributed by atoms with E-state index in [1.54, 1.807) is 39.0 Å². The maximum Gasteiger partial charge on any atom is 0.327 e. The molecule has 5 amide bonds. The zero-order valence-electron chi connectivity index (χ0n) is 35.4. The highest BCUT2D eigenvalue weighted by Crippen LogP contribution is 2.37. The van der Waals surface area contributed by atoms with Crippen molar-refractivity contribution in [3.63, 3.8) is 0 Å². The second-order valence-corrected chi connectivity index (χ2v) is 18.0. The van der Waals surface area contributed by atoms with Crippen LogP contribution >= 0.6 is 0 Å². The van der Waals surface area contributed by atoms with Crippen molar-refractivity contribution in [3.05, 3.63) is 53.3 Å². The van der Waals surface area contributed by atoms with E-state index in [9.17, 15) is 28.8 Å². The van der Waals surface area contributed by atoms with E-state index >= 15 is 0 Å². The quantitative estimate of drug-likeness (QED) is 0.142. The minimum Gasteiger partial charge on any atom is -0.481 e. The third-order valence-electron chi connectivity index (χ3n) is 14.0. The predicted octanol–water partition coefficient (Wildman–Crippen LogP) is 1.30. The molecular formula is C43H60N12O7. The van der Waals surface area contributed by atoms with Crippen molar-refractivity contribution in [2.24, 2.45) is 23.7 Å². The van der Waals surface area contributed by atoms with Crippen LogP contribution in [0.5, 0.6) is 0 Å². The Morgan fingerprint density at radius 1 is 0.823 bits per heavy atom. The summed E-state index contributed by atoms with van der Waals surface area (Å²) in [4.78, 5) is 98.6. The van der Waals surface area contributed by atoms with E-state index in [0.29, 0.717) is 114 Å². The Labute approximate surface area is 360 Å². The molecule has 19 heteroatoms. The van der Waals surface area contributed by atoms with Gasteiger partial charge in [0.25, 0.3) is 0 Å². The summed E-state index contributed by atoms with van der Waals surface area (Å²) in [5.41, 5.74) is 8.77. The molecule has 3 aromatic heterocycles. The van der Waals surface area contributed by atoms with Gasteiger partial charge in [0.2, 0.25) is 17.7 Å². The van der Waals surface area contributed by atoms with Crippen LogP contribution in [0, 0.1) is 23.7 Å². The maximum atomic E-state index is 14.7. The fourth-order valence-electron chi connectivity index (χ4n) is 10.7. The highest BCUT2D eigenvalue weighted by molar-refractivity contribution is 5.93. The number of H-pyrrole nitrogens is 1. The minimum absolute atomic E-state index is 0.00417. The first-order valence-corrected chi connectivity index (χ1v) is 22.3. The summed E-state index contributed by atoms with van der Waals surface area (Å²) in [6.45, 7) is 6.78. The van der Waals surface area contributed by atoms with Crippen LogP contribution in [0.25, 0.3) is 11.2 Å². The first kappa shape index (κ1) is 43.1. The van der Waals surface area contributed by atoms with E-state index in [1.165, 1.54) is 0 Å². The molecule has 1 saturated carbocycles. The van der Waals surface area contributed by atoms with Crippen molar-refractivity contribution in [2.75, 3.05) is 63.8 Å². The number of nitrogens with one attached hydrogen (secondary N) is 5. The molecule has 6 N–H and O–H groups in total. The predicted molar refractivity (Wildman–Crippen MR) is 229 cm³/mol. The van der Waals surface area contributed by atoms with Crippen LogP contribution in [-0.4, -0.2) is 146 Å². The smallest absolute Gasteiger partial charge is 0.327 e. The van der Waals surface area contributed by atoms with Crippen LogP contribution in [0.2, 0.25) is 0 Å². The molecule has 4 unspecified atom stereocenters. The molecule has 6 atom stereocenters. The SMILES string of the molecule is CC1CC(C[C@@H](NC(=O)N2CCC(n3c(=O)[nH]c4ncccc43)CC2)C(=O)N[C@@H](CC2CCN(C(=O)CC(=O)O)CC2)C(=O)N2CCN(c3ccncc3)CC2)CC2CNNC12. The molecule has 62 heavy (non-hydrogen) atoms. The third-order valence-corrected chi connectivity index (χ3v) is 14.0. The number of rotatable bonds is 12. The molecule has 8 rings (SSSR count). The highest BCUT2D eigenvalue weighted by atomic mass is 16.4. The number of piperazine rings is 1. The number of carbonyl (C=O) groups is 5. The summed E-state index contributed by atoms with van der Waals surface area (Å²) in [7, 11) is 0. The van der Waals surface area contributed by atoms with Crippen LogP contribution in [0.1, 0.15) is 70.8 Å². The number of pyridine rings is 2. The van der Waals surface area contributed by atoms with Gasteiger partial charge in [-0.05, 0) is 99.3 Å². The van der Waals surface area contributed by atoms with Gasteiger partial charge < -0.3 is 35.3 Å². The number of urea groups is 1. The fraction of sp³-hybridized carbons (Fsp3) is 0.628. The van der Waals surface area contributed by atoms with E-state index < -0.39 is 36.3 Å². The number of anilines is 1. The Morgan fingerprint density at radius 3 is 2.26 bits per heavy atom. The molecule has 0 spiro atoms. The van der Waals surface area contributed by atoms with E-state index in [4.69, 9.17) is 5.11 Å². The van der Waals surface area contributed by atoms with Gasteiger partial charge in [-0.3, -0.25) is 44.6 Å². The first-order chi connectivity index (χ1) is 30.0. The number of nitrogens with zero attached hydrogens (tertiary/aromatic N) is 7. The van der Waals surface area contributed by atoms with Crippen LogP contribution < -0.4 is 32.1 Å². The topological polar surface area (TPSA) is 230 Å². The molecule has 5 fully saturated rings. The number of aliphatic carboxylic acids is 1. The summed E-state index contributed by atoms with van der Waals surface area (Å²) in [5.74, 6) is -1.23. The van der Waals surface area contributed by atoms with Crippen LogP contribution in [-0.2, 0) is 19.2 Å². The third kappa shape index (κ3) is 9.88. The van der Waals surface area contributed by atoms with E-state index in [0.717, 1.165) is 30.6 Å². The average Bonchev–Trinajstić information content (AvgIpc) is 3.90. The number of aromatic amines is 1. The van der Waals surface area contributed by atoms with Crippen molar-refractivity contribution in [3.8, 4) is 0 Å². The molecule has 3 aromatic rings. The molecule has 4 aliphatic heterocycles. The average molecular weight is 857 g/mol. The normalized spacial score (nSPS) is 24.7. The number of piperidine rings is 2. The molecular weight excluding hydrogens is 797 g/mol. The van der Waals surface area contributed by atoms with Gasteiger partial charge in [0.1, 0.15) is 18.5 Å². The Hall–Kier alpha value is -5.56. The van der Waals surface area contributed by atoms with Crippen molar-refractivity contribution in [1.82, 2.24) is 55.7 Å². The Balaban J connectivity index is 0.971. The molecule has 4 saturated heterocycles. The summed E-state index contributed by atoms with van der Waals surface area (Å²) >= 11 is 0. The number of carboxylic acid groups (broad SMARTS) is 1. The largest absolute Gasteiger partial charge is 0.481 e. The molecule has 5 aliphatic rings. The van der Waals surface area contributed by atoms with Gasteiger partial charge in [0, 0.05) is 95.3 Å². The van der Waals surface area contributed by atoms with Gasteiger partial charge in [-0.2, -0.15) is 0 Å². The van der Waals surface area contributed by atoms with Gasteiger partial charge in [-0.15, -0.1) is 0 Å². The fourth-order valence-corrected chi connectivity index (χ4v) is 10.7. The molecule has 1 aliphatic carbocycles. The Morgan fingerprint density at radius 2 is 1.53 bits per heavy atom. The number of amides is 5. The standard InChI is InChI=1S/C43H60N12O7/c1-27-21-29(22-30-26-46-50-38(27)30)24-33(48-42(61)54-15-8-32(9-16-54)55-35-3-2-10-45-39(35)49-43(55)62)40(59)47-34(23-28-6-13-52(14-7-28)36(56)25-37(57)58)41(60)53-19-17-51(18-20-53)31-4-11-44-12-5-31/h2-5,10-12,27-30,32-34,38,46,50H,6-9,13-26H2,1H3,(H,47,59)(H,48,61)(H,57,58)(H,45,49,62)/t27?,29?,30?,33-,34+,38?/m1/s1. The zero-order valence-corrected chi connectivity index (χ0v) is 35.4. The van der Waals surface area contributed by atoms with Crippen molar-refractivity contribution >= 4 is 46.6 Å². The van der Waals surface area contributed by atoms with Gasteiger partial charge in [0.05, 0.1) is 5.52 Å². The highest BCUT2D eigenvalue weighted by Gasteiger charge is 2.41. The molecule has 7 heterocycles. The number of hydrazine groups is 1. The lowest BCUT2D eigenvalue weighted by Crippen LogP contribution is -2.59. The second-order valence-electron chi connectivity index (χ2n) is 18.0. The molecule has 334 valence electrons. The van der Waals surface area contributed by atoms with Gasteiger partial charge >= 0.3 is 17.7 Å². The number of carbonyl (C=O) groups excluding carboxylic acids is 4. The minimum atomic E-state index is -1.17. The van der Waals surface area contributed by atoms with Crippen LogP contribution in [0.3, 0.4) is 0 Å². The number of carboxylic acids is 1. The van der Waals surface area contributed by atoms with Gasteiger partial charge in [-0.25, -0.2) is 14.6 Å². The number of likely N-dealkylation sites (tertiary alicyclic amines) is 2. The van der Waals surface area contributed by atoms with E-state index in [1.807, 2.05) is 23.1 Å². The van der Waals surface area contributed by atoms with Crippen molar-refractivity contribution in [2.45, 2.75) is 88.9 Å². The summed E-state index contributed by atoms with van der Waals surface area (Å²) in [6.07, 6.45) is 9.39. The number of hydrogen-bond donors (Lipinski definition) is 6. The monoisotopic (exact) mass is 856 g/mol. The van der Waals surface area contributed by atoms with Crippen LogP contribution in [0.15, 0.2) is 47.7 Å². The van der Waals surface area contributed by atoms with Gasteiger partial charge in [0.15, 0.2) is 5.65 Å². The molecule has 0 aromatic carbocycles. The number of imidazole rings is 1. The number of hydrogen-bond acceptors (Lipinski definition) is 11. The van der Waals surface area contributed by atoms with E-state index in [-0.39, 0.29) is 35.5 Å². The molecule has 0 radical (unpaired) electrons. The van der Waals surface area contributed by atoms with Crippen molar-refractivity contribution in [1.29, 1.82) is 0 Å². The lowest BCUT2D eigenvalue weighted by Gasteiger charge is -2.40. The van der Waals surface area contributed by atoms with Gasteiger partial charge in [-0.1, -0.05) is 6.92 Å². The molecule has 0 bridgehead atoms. The Kier molecular flexibility index (Phi) is 13.4. The Bertz CT molecular complexity index is 2120. The van der Waals surface area contributed by atoms with E-state index in [2.05, 4.69) is 48.3 Å². The molecule has 19 nitrogen and oxygen atoms in total. The maximum absolute atomic E-state index is 14.7. The van der Waals surface area contributed by atoms with Crippen molar-refractivity contribution < 1.29 is 29.1 Å². The number of aromatic nitrogens is 4.